The van der Waals surface area contributed by atoms with Crippen molar-refractivity contribution < 1.29 is 0 Å². The monoisotopic (exact) mass is 782 g/mol. The molecule has 0 saturated heterocycles. The van der Waals surface area contributed by atoms with Crippen molar-refractivity contribution in [3.8, 4) is 33.4 Å². The van der Waals surface area contributed by atoms with Crippen LogP contribution >= 0.6 is 0 Å². The summed E-state index contributed by atoms with van der Waals surface area (Å²) in [5, 5.41) is 0. The van der Waals surface area contributed by atoms with Gasteiger partial charge in [-0.1, -0.05) is 191 Å². The van der Waals surface area contributed by atoms with Crippen molar-refractivity contribution in [2.45, 2.75) is 31.6 Å². The molecule has 0 aromatic heterocycles. The number of hydrogen-bond acceptors (Lipinski definition) is 2. The molecule has 0 saturated carbocycles. The van der Waals surface area contributed by atoms with Crippen LogP contribution in [0.15, 0.2) is 224 Å². The van der Waals surface area contributed by atoms with Crippen LogP contribution in [0.1, 0.15) is 48.6 Å². The van der Waals surface area contributed by atoms with Crippen LogP contribution in [-0.2, 0) is 10.8 Å². The van der Waals surface area contributed by atoms with E-state index < -0.39 is 5.41 Å². The third-order valence-electron chi connectivity index (χ3n) is 12.8. The number of rotatable bonds is 5. The molecule has 0 amide bonds. The summed E-state index contributed by atoms with van der Waals surface area (Å²) < 4.78 is 0. The quantitative estimate of drug-likeness (QED) is 0.172. The summed E-state index contributed by atoms with van der Waals surface area (Å²) in [5.74, 6) is 0. The molecule has 1 atom stereocenters. The van der Waals surface area contributed by atoms with Gasteiger partial charge in [-0.25, -0.2) is 0 Å². The molecule has 2 heterocycles. The SMILES string of the molecule is CC(C)(C)c1ccc2c(c1)C1(c3ccccc3N(c3ccc(-c4ccccc4)cc3)c3ccc(-c4ccccc4)cc31)c1ccccc1N2c1ccc(-c2ccccc2)cc1. The molecule has 9 aromatic carbocycles. The Morgan fingerprint density at radius 3 is 1.10 bits per heavy atom. The van der Waals surface area contributed by atoms with Gasteiger partial charge in [-0.15, -0.1) is 0 Å². The molecule has 292 valence electrons. The minimum atomic E-state index is -0.662. The number of fused-ring (bicyclic) bond motifs is 8. The van der Waals surface area contributed by atoms with Gasteiger partial charge in [0.15, 0.2) is 0 Å². The Balaban J connectivity index is 1.21. The Hall–Kier alpha value is -7.42. The first-order valence-corrected chi connectivity index (χ1v) is 21.3. The lowest BCUT2D eigenvalue weighted by atomic mass is 9.59. The third-order valence-corrected chi connectivity index (χ3v) is 12.8. The Morgan fingerprint density at radius 2 is 0.639 bits per heavy atom. The predicted molar refractivity (Wildman–Crippen MR) is 256 cm³/mol. The second-order valence-electron chi connectivity index (χ2n) is 17.4. The zero-order chi connectivity index (χ0) is 41.1. The standard InChI is InChI=1S/C59H46N2/c1-58(2,3)47-32-38-57-53(40-47)59(51-24-14-16-26-55(51)61(57)49-35-29-45(30-36-49)42-19-9-5-10-20-42)50-23-13-15-25-54(50)60(48-33-27-44(28-34-48)41-17-7-4-8-18-41)56-37-31-46(39-52(56)59)43-21-11-6-12-22-43/h4-40H,1-3H3. The lowest BCUT2D eigenvalue weighted by Crippen LogP contribution is -2.42. The first-order chi connectivity index (χ1) is 29.9. The van der Waals surface area contributed by atoms with Gasteiger partial charge in [-0.05, 0) is 121 Å². The van der Waals surface area contributed by atoms with Crippen molar-refractivity contribution >= 4 is 34.1 Å². The van der Waals surface area contributed by atoms with Crippen molar-refractivity contribution in [3.63, 3.8) is 0 Å². The van der Waals surface area contributed by atoms with Crippen LogP contribution in [0.3, 0.4) is 0 Å². The summed E-state index contributed by atoms with van der Waals surface area (Å²) in [6, 6.07) is 83.0. The van der Waals surface area contributed by atoms with Crippen LogP contribution in [0.25, 0.3) is 33.4 Å². The Labute approximate surface area is 359 Å². The third kappa shape index (κ3) is 5.93. The summed E-state index contributed by atoms with van der Waals surface area (Å²) in [5.41, 5.74) is 19.8. The molecule has 2 nitrogen and oxygen atoms in total. The molecule has 0 N–H and O–H groups in total. The lowest BCUT2D eigenvalue weighted by Gasteiger charge is -2.51. The molecular formula is C59H46N2. The lowest BCUT2D eigenvalue weighted by molar-refractivity contribution is 0.586. The van der Waals surface area contributed by atoms with Crippen molar-refractivity contribution in [3.05, 3.63) is 252 Å². The molecule has 0 bridgehead atoms. The highest BCUT2D eigenvalue weighted by atomic mass is 15.2. The summed E-state index contributed by atoms with van der Waals surface area (Å²) in [6.45, 7) is 6.99. The maximum absolute atomic E-state index is 2.52. The van der Waals surface area contributed by atoms with Gasteiger partial charge in [-0.2, -0.15) is 0 Å². The maximum Gasteiger partial charge on any atom is 0.0783 e. The van der Waals surface area contributed by atoms with Gasteiger partial charge in [-0.3, -0.25) is 0 Å². The van der Waals surface area contributed by atoms with Crippen molar-refractivity contribution in [2.75, 3.05) is 9.80 Å². The highest BCUT2D eigenvalue weighted by molar-refractivity contribution is 5.97. The molecule has 0 radical (unpaired) electrons. The fourth-order valence-electron chi connectivity index (χ4n) is 9.86. The summed E-state index contributed by atoms with van der Waals surface area (Å²) >= 11 is 0. The van der Waals surface area contributed by atoms with Crippen LogP contribution < -0.4 is 9.80 Å². The van der Waals surface area contributed by atoms with Crippen LogP contribution in [0.5, 0.6) is 0 Å². The second kappa shape index (κ2) is 14.4. The number of nitrogens with zero attached hydrogens (tertiary/aromatic N) is 2. The van der Waals surface area contributed by atoms with E-state index in [-0.39, 0.29) is 5.41 Å². The van der Waals surface area contributed by atoms with Gasteiger partial charge in [0, 0.05) is 11.4 Å². The van der Waals surface area contributed by atoms with E-state index in [2.05, 4.69) is 255 Å². The Bertz CT molecular complexity index is 2990. The van der Waals surface area contributed by atoms with Gasteiger partial charge in [0.25, 0.3) is 0 Å². The molecule has 61 heavy (non-hydrogen) atoms. The highest BCUT2D eigenvalue weighted by Gasteiger charge is 2.52. The molecule has 0 fully saturated rings. The largest absolute Gasteiger partial charge is 0.310 e. The number of para-hydroxylation sites is 2. The van der Waals surface area contributed by atoms with Crippen LogP contribution in [0.2, 0.25) is 0 Å². The molecule has 2 aliphatic heterocycles. The van der Waals surface area contributed by atoms with Crippen LogP contribution in [0.4, 0.5) is 34.1 Å². The number of benzene rings is 9. The fourth-order valence-corrected chi connectivity index (χ4v) is 9.86. The molecule has 0 aliphatic carbocycles. The zero-order valence-corrected chi connectivity index (χ0v) is 34.8. The van der Waals surface area contributed by atoms with Gasteiger partial charge in [0.05, 0.1) is 28.2 Å². The maximum atomic E-state index is 2.52. The van der Waals surface area contributed by atoms with Gasteiger partial charge < -0.3 is 9.80 Å². The van der Waals surface area contributed by atoms with E-state index in [1.54, 1.807) is 0 Å². The minimum absolute atomic E-state index is 0.0786. The molecule has 9 aromatic rings. The van der Waals surface area contributed by atoms with Crippen molar-refractivity contribution in [1.29, 1.82) is 0 Å². The van der Waals surface area contributed by atoms with Crippen LogP contribution in [-0.4, -0.2) is 0 Å². The highest BCUT2D eigenvalue weighted by Crippen LogP contribution is 2.64. The Kier molecular flexibility index (Phi) is 8.65. The van der Waals surface area contributed by atoms with E-state index >= 15 is 0 Å². The molecule has 2 heteroatoms. The van der Waals surface area contributed by atoms with Gasteiger partial charge >= 0.3 is 0 Å². The molecule has 1 spiro atoms. The molecular weight excluding hydrogens is 737 g/mol. The fraction of sp³-hybridized carbons (Fsp3) is 0.0847. The van der Waals surface area contributed by atoms with E-state index in [4.69, 9.17) is 0 Å². The molecule has 1 unspecified atom stereocenters. The van der Waals surface area contributed by atoms with Gasteiger partial charge in [0.1, 0.15) is 0 Å². The van der Waals surface area contributed by atoms with E-state index in [0.717, 1.165) is 11.4 Å². The zero-order valence-electron chi connectivity index (χ0n) is 34.8. The van der Waals surface area contributed by atoms with E-state index in [0.29, 0.717) is 0 Å². The molecule has 2 aliphatic rings. The average molecular weight is 783 g/mol. The minimum Gasteiger partial charge on any atom is -0.310 e. The predicted octanol–water partition coefficient (Wildman–Crippen LogP) is 15.9. The second-order valence-corrected chi connectivity index (χ2v) is 17.4. The van der Waals surface area contributed by atoms with Gasteiger partial charge in [0.2, 0.25) is 0 Å². The van der Waals surface area contributed by atoms with E-state index in [1.165, 1.54) is 83.9 Å². The normalized spacial score (nSPS) is 15.1. The van der Waals surface area contributed by atoms with E-state index in [1.807, 2.05) is 0 Å². The smallest absolute Gasteiger partial charge is 0.0783 e. The van der Waals surface area contributed by atoms with E-state index in [9.17, 15) is 0 Å². The topological polar surface area (TPSA) is 6.48 Å². The molecule has 11 rings (SSSR count). The van der Waals surface area contributed by atoms with Crippen LogP contribution in [0, 0.1) is 0 Å². The summed E-state index contributed by atoms with van der Waals surface area (Å²) in [7, 11) is 0. The first kappa shape index (κ1) is 36.6. The van der Waals surface area contributed by atoms with Crippen molar-refractivity contribution in [1.82, 2.24) is 0 Å². The average Bonchev–Trinajstić information content (AvgIpc) is 3.32. The first-order valence-electron chi connectivity index (χ1n) is 21.3. The number of anilines is 6. The Morgan fingerprint density at radius 1 is 0.295 bits per heavy atom. The summed E-state index contributed by atoms with van der Waals surface area (Å²) in [4.78, 5) is 4.99. The van der Waals surface area contributed by atoms with Crippen molar-refractivity contribution in [2.24, 2.45) is 0 Å². The number of hydrogen-bond donors (Lipinski definition) is 0. The summed E-state index contributed by atoms with van der Waals surface area (Å²) in [6.07, 6.45) is 0.